The molecule has 78 valence electrons. The summed E-state index contributed by atoms with van der Waals surface area (Å²) in [5.41, 5.74) is 0. The molecule has 0 aromatic rings. The SMILES string of the molecule is CCCCCC(C=O)CCCCC. The summed E-state index contributed by atoms with van der Waals surface area (Å²) in [5.74, 6) is 0.345. The van der Waals surface area contributed by atoms with E-state index >= 15 is 0 Å². The zero-order chi connectivity index (χ0) is 9.94. The predicted octanol–water partition coefficient (Wildman–Crippen LogP) is 3.96. The van der Waals surface area contributed by atoms with Gasteiger partial charge in [-0.05, 0) is 12.8 Å². The highest BCUT2D eigenvalue weighted by Crippen LogP contribution is 2.15. The molecule has 0 spiro atoms. The van der Waals surface area contributed by atoms with E-state index in [0.29, 0.717) is 5.92 Å². The highest BCUT2D eigenvalue weighted by atomic mass is 16.1. The Morgan fingerprint density at radius 3 is 1.69 bits per heavy atom. The van der Waals surface area contributed by atoms with Gasteiger partial charge in [0.25, 0.3) is 0 Å². The number of carbonyl (C=O) groups excluding carboxylic acids is 1. The van der Waals surface area contributed by atoms with Crippen LogP contribution in [0, 0.1) is 5.92 Å². The molecule has 0 unspecified atom stereocenters. The largest absolute Gasteiger partial charge is 0.303 e. The van der Waals surface area contributed by atoms with Crippen molar-refractivity contribution in [3.63, 3.8) is 0 Å². The molecule has 0 aromatic heterocycles. The summed E-state index contributed by atoms with van der Waals surface area (Å²) < 4.78 is 0. The maximum absolute atomic E-state index is 10.7. The topological polar surface area (TPSA) is 17.1 Å². The van der Waals surface area contributed by atoms with Crippen LogP contribution in [0.4, 0.5) is 0 Å². The zero-order valence-corrected chi connectivity index (χ0v) is 9.22. The molecule has 0 saturated carbocycles. The number of unbranched alkanes of at least 4 members (excludes halogenated alkanes) is 4. The Hall–Kier alpha value is -0.330. The van der Waals surface area contributed by atoms with E-state index in [9.17, 15) is 4.79 Å². The number of aldehydes is 1. The molecule has 0 atom stereocenters. The van der Waals surface area contributed by atoms with Crippen molar-refractivity contribution in [1.82, 2.24) is 0 Å². The number of rotatable bonds is 9. The van der Waals surface area contributed by atoms with Crippen LogP contribution in [0.5, 0.6) is 0 Å². The third-order valence-corrected chi connectivity index (χ3v) is 2.55. The Bertz CT molecular complexity index is 99.7. The van der Waals surface area contributed by atoms with Crippen LogP contribution in [-0.2, 0) is 4.79 Å². The first-order valence-electron chi connectivity index (χ1n) is 5.80. The van der Waals surface area contributed by atoms with Crippen molar-refractivity contribution in [1.29, 1.82) is 0 Å². The zero-order valence-electron chi connectivity index (χ0n) is 9.22. The Morgan fingerprint density at radius 2 is 1.38 bits per heavy atom. The summed E-state index contributed by atoms with van der Waals surface area (Å²) in [6.07, 6.45) is 10.9. The third-order valence-electron chi connectivity index (χ3n) is 2.55. The molecule has 0 aliphatic carbocycles. The fraction of sp³-hybridized carbons (Fsp3) is 0.917. The molecule has 0 bridgehead atoms. The molecule has 0 aliphatic heterocycles. The van der Waals surface area contributed by atoms with Crippen molar-refractivity contribution >= 4 is 6.29 Å². The molecule has 1 heteroatoms. The van der Waals surface area contributed by atoms with Gasteiger partial charge in [0, 0.05) is 5.92 Å². The fourth-order valence-corrected chi connectivity index (χ4v) is 1.59. The Balaban J connectivity index is 3.34. The van der Waals surface area contributed by atoms with Crippen LogP contribution < -0.4 is 0 Å². The molecule has 0 saturated heterocycles. The molecule has 0 rings (SSSR count). The molecule has 0 heterocycles. The van der Waals surface area contributed by atoms with E-state index in [-0.39, 0.29) is 0 Å². The van der Waals surface area contributed by atoms with Crippen molar-refractivity contribution < 1.29 is 4.79 Å². The van der Waals surface area contributed by atoms with Crippen molar-refractivity contribution in [2.75, 3.05) is 0 Å². The Morgan fingerprint density at radius 1 is 0.923 bits per heavy atom. The molecule has 13 heavy (non-hydrogen) atoms. The van der Waals surface area contributed by atoms with Crippen LogP contribution in [-0.4, -0.2) is 6.29 Å². The van der Waals surface area contributed by atoms with Gasteiger partial charge in [0.2, 0.25) is 0 Å². The van der Waals surface area contributed by atoms with Crippen molar-refractivity contribution in [3.05, 3.63) is 0 Å². The van der Waals surface area contributed by atoms with Gasteiger partial charge in [0.1, 0.15) is 6.29 Å². The number of carbonyl (C=O) groups is 1. The van der Waals surface area contributed by atoms with Crippen molar-refractivity contribution in [2.45, 2.75) is 65.2 Å². The normalized spacial score (nSPS) is 10.7. The highest BCUT2D eigenvalue weighted by molar-refractivity contribution is 5.53. The average molecular weight is 184 g/mol. The van der Waals surface area contributed by atoms with Gasteiger partial charge in [-0.1, -0.05) is 52.4 Å². The average Bonchev–Trinajstić information content (AvgIpc) is 2.16. The monoisotopic (exact) mass is 184 g/mol. The Labute approximate surface area is 82.9 Å². The lowest BCUT2D eigenvalue weighted by Crippen LogP contribution is -2.01. The predicted molar refractivity (Wildman–Crippen MR) is 57.8 cm³/mol. The lowest BCUT2D eigenvalue weighted by atomic mass is 9.96. The van der Waals surface area contributed by atoms with Crippen LogP contribution in [0.2, 0.25) is 0 Å². The summed E-state index contributed by atoms with van der Waals surface area (Å²) in [4.78, 5) is 10.7. The van der Waals surface area contributed by atoms with Crippen LogP contribution >= 0.6 is 0 Å². The van der Waals surface area contributed by atoms with Gasteiger partial charge in [0.05, 0.1) is 0 Å². The van der Waals surface area contributed by atoms with E-state index in [1.165, 1.54) is 38.5 Å². The highest BCUT2D eigenvalue weighted by Gasteiger charge is 2.05. The molecule has 1 nitrogen and oxygen atoms in total. The maximum atomic E-state index is 10.7. The van der Waals surface area contributed by atoms with Crippen LogP contribution in [0.3, 0.4) is 0 Å². The summed E-state index contributed by atoms with van der Waals surface area (Å²) in [6, 6.07) is 0. The number of hydrogen-bond acceptors (Lipinski definition) is 1. The first-order valence-corrected chi connectivity index (χ1v) is 5.80. The molecule has 0 aromatic carbocycles. The lowest BCUT2D eigenvalue weighted by molar-refractivity contribution is -0.111. The minimum Gasteiger partial charge on any atom is -0.303 e. The summed E-state index contributed by atoms with van der Waals surface area (Å²) in [6.45, 7) is 4.40. The summed E-state index contributed by atoms with van der Waals surface area (Å²) >= 11 is 0. The first kappa shape index (κ1) is 12.7. The maximum Gasteiger partial charge on any atom is 0.123 e. The number of hydrogen-bond donors (Lipinski definition) is 0. The van der Waals surface area contributed by atoms with Gasteiger partial charge in [-0.2, -0.15) is 0 Å². The molecule has 0 N–H and O–H groups in total. The van der Waals surface area contributed by atoms with Crippen molar-refractivity contribution in [2.24, 2.45) is 5.92 Å². The van der Waals surface area contributed by atoms with E-state index in [0.717, 1.165) is 19.1 Å². The second-order valence-electron chi connectivity index (χ2n) is 3.89. The van der Waals surface area contributed by atoms with E-state index in [2.05, 4.69) is 13.8 Å². The van der Waals surface area contributed by atoms with Gasteiger partial charge < -0.3 is 4.79 Å². The fourth-order valence-electron chi connectivity index (χ4n) is 1.59. The van der Waals surface area contributed by atoms with E-state index in [1.54, 1.807) is 0 Å². The van der Waals surface area contributed by atoms with Crippen molar-refractivity contribution in [3.8, 4) is 0 Å². The quantitative estimate of drug-likeness (QED) is 0.391. The molecule has 0 aliphatic rings. The summed E-state index contributed by atoms with van der Waals surface area (Å²) in [5, 5.41) is 0. The van der Waals surface area contributed by atoms with Gasteiger partial charge in [-0.3, -0.25) is 0 Å². The van der Waals surface area contributed by atoms with Gasteiger partial charge in [0.15, 0.2) is 0 Å². The van der Waals surface area contributed by atoms with Gasteiger partial charge in [-0.25, -0.2) is 0 Å². The standard InChI is InChI=1S/C12H24O/c1-3-5-7-9-12(11-13)10-8-6-4-2/h11-12H,3-10H2,1-2H3. The van der Waals surface area contributed by atoms with Crippen LogP contribution in [0.15, 0.2) is 0 Å². The third kappa shape index (κ3) is 8.01. The molecule has 0 radical (unpaired) electrons. The molecule has 0 fully saturated rings. The van der Waals surface area contributed by atoms with E-state index in [4.69, 9.17) is 0 Å². The second-order valence-corrected chi connectivity index (χ2v) is 3.89. The van der Waals surface area contributed by atoms with Crippen LogP contribution in [0.25, 0.3) is 0 Å². The summed E-state index contributed by atoms with van der Waals surface area (Å²) in [7, 11) is 0. The molecular weight excluding hydrogens is 160 g/mol. The smallest absolute Gasteiger partial charge is 0.123 e. The molecule has 0 amide bonds. The minimum absolute atomic E-state index is 0.345. The van der Waals surface area contributed by atoms with Gasteiger partial charge >= 0.3 is 0 Å². The lowest BCUT2D eigenvalue weighted by Gasteiger charge is -2.08. The van der Waals surface area contributed by atoms with E-state index < -0.39 is 0 Å². The van der Waals surface area contributed by atoms with E-state index in [1.807, 2.05) is 0 Å². The van der Waals surface area contributed by atoms with Crippen LogP contribution in [0.1, 0.15) is 65.2 Å². The first-order chi connectivity index (χ1) is 6.35. The molecular formula is C12H24O. The second kappa shape index (κ2) is 9.76. The van der Waals surface area contributed by atoms with Gasteiger partial charge in [-0.15, -0.1) is 0 Å². The minimum atomic E-state index is 0.345. The Kier molecular flexibility index (Phi) is 9.51.